The van der Waals surface area contributed by atoms with E-state index < -0.39 is 15.6 Å². The summed E-state index contributed by atoms with van der Waals surface area (Å²) in [7, 11) is -0.645. The summed E-state index contributed by atoms with van der Waals surface area (Å²) in [6.45, 7) is 0. The van der Waals surface area contributed by atoms with E-state index in [0.717, 1.165) is 25.5 Å². The Kier molecular flexibility index (Phi) is 4.33. The molecule has 3 rings (SSSR count). The van der Waals surface area contributed by atoms with Crippen LogP contribution in [0.3, 0.4) is 0 Å². The molecule has 1 aromatic heterocycles. The third-order valence-corrected chi connectivity index (χ3v) is 4.73. The Morgan fingerprint density at radius 2 is 2.00 bits per heavy atom. The highest BCUT2D eigenvalue weighted by Gasteiger charge is 2.39. The summed E-state index contributed by atoms with van der Waals surface area (Å²) < 4.78 is 41.5. The van der Waals surface area contributed by atoms with Crippen molar-refractivity contribution in [3.8, 4) is 23.0 Å². The van der Waals surface area contributed by atoms with Crippen molar-refractivity contribution in [2.75, 3.05) is 25.2 Å². The number of ether oxygens (including phenoxy) is 2. The molecule has 0 bridgehead atoms. The van der Waals surface area contributed by atoms with E-state index in [1.807, 2.05) is 0 Å². The van der Waals surface area contributed by atoms with E-state index in [2.05, 4.69) is 14.9 Å². The summed E-state index contributed by atoms with van der Waals surface area (Å²) in [5.74, 6) is 1.26. The second-order valence-corrected chi connectivity index (χ2v) is 7.81. The Morgan fingerprint density at radius 1 is 1.28 bits per heavy atom. The standard InChI is InChI=1S/C15H20N4O5S/c1-22-11-8-9(7-10(12(11)23-2)19-25(3,20)21)13-17-14(18-24-13)15(16)5-4-6-15/h7-8,19H,4-6,16H2,1-3H3. The predicted octanol–water partition coefficient (Wildman–Crippen LogP) is 1.46. The molecule has 0 radical (unpaired) electrons. The van der Waals surface area contributed by atoms with Gasteiger partial charge in [-0.3, -0.25) is 4.72 Å². The Balaban J connectivity index is 2.05. The van der Waals surface area contributed by atoms with Gasteiger partial charge in [-0.25, -0.2) is 8.42 Å². The van der Waals surface area contributed by atoms with Crippen molar-refractivity contribution in [1.29, 1.82) is 0 Å². The normalized spacial score (nSPS) is 16.2. The fraction of sp³-hybridized carbons (Fsp3) is 0.467. The SMILES string of the molecule is COc1cc(-c2nc(C3(N)CCC3)no2)cc(NS(C)(=O)=O)c1OC. The van der Waals surface area contributed by atoms with Crippen LogP contribution in [0.25, 0.3) is 11.5 Å². The first-order valence-electron chi connectivity index (χ1n) is 7.63. The molecule has 136 valence electrons. The number of nitrogens with two attached hydrogens (primary N) is 1. The van der Waals surface area contributed by atoms with Gasteiger partial charge in [0.2, 0.25) is 10.0 Å². The number of rotatable bonds is 6. The molecule has 1 aromatic carbocycles. The van der Waals surface area contributed by atoms with E-state index in [-0.39, 0.29) is 17.3 Å². The number of hydrogen-bond donors (Lipinski definition) is 2. The lowest BCUT2D eigenvalue weighted by Gasteiger charge is -2.34. The van der Waals surface area contributed by atoms with E-state index in [9.17, 15) is 8.42 Å². The van der Waals surface area contributed by atoms with Crippen molar-refractivity contribution >= 4 is 15.7 Å². The maximum atomic E-state index is 11.6. The van der Waals surface area contributed by atoms with Crippen molar-refractivity contribution in [1.82, 2.24) is 10.1 Å². The largest absolute Gasteiger partial charge is 0.493 e. The molecule has 1 saturated carbocycles. The zero-order valence-electron chi connectivity index (χ0n) is 14.2. The second kappa shape index (κ2) is 6.19. The van der Waals surface area contributed by atoms with Crippen LogP contribution in [0.15, 0.2) is 16.7 Å². The van der Waals surface area contributed by atoms with Gasteiger partial charge < -0.3 is 19.7 Å². The minimum Gasteiger partial charge on any atom is -0.493 e. The van der Waals surface area contributed by atoms with Gasteiger partial charge in [-0.1, -0.05) is 5.16 Å². The van der Waals surface area contributed by atoms with Gasteiger partial charge in [0.05, 0.1) is 31.7 Å². The first-order valence-corrected chi connectivity index (χ1v) is 9.52. The zero-order chi connectivity index (χ0) is 18.2. The smallest absolute Gasteiger partial charge is 0.258 e. The van der Waals surface area contributed by atoms with Crippen LogP contribution in [-0.2, 0) is 15.6 Å². The van der Waals surface area contributed by atoms with E-state index in [0.29, 0.717) is 17.1 Å². The van der Waals surface area contributed by atoms with Crippen molar-refractivity contribution in [3.05, 3.63) is 18.0 Å². The molecule has 0 saturated heterocycles. The Morgan fingerprint density at radius 3 is 2.52 bits per heavy atom. The molecule has 3 N–H and O–H groups in total. The number of hydrogen-bond acceptors (Lipinski definition) is 8. The number of sulfonamides is 1. The number of anilines is 1. The first-order chi connectivity index (χ1) is 11.8. The van der Waals surface area contributed by atoms with Crippen LogP contribution < -0.4 is 19.9 Å². The predicted molar refractivity (Wildman–Crippen MR) is 91.0 cm³/mol. The molecule has 9 nitrogen and oxygen atoms in total. The van der Waals surface area contributed by atoms with Gasteiger partial charge in [0.25, 0.3) is 5.89 Å². The van der Waals surface area contributed by atoms with Crippen LogP contribution in [0.4, 0.5) is 5.69 Å². The molecule has 1 aliphatic carbocycles. The number of nitrogens with one attached hydrogen (secondary N) is 1. The fourth-order valence-corrected chi connectivity index (χ4v) is 3.24. The van der Waals surface area contributed by atoms with Gasteiger partial charge in [-0.2, -0.15) is 4.98 Å². The first kappa shape index (κ1) is 17.5. The zero-order valence-corrected chi connectivity index (χ0v) is 15.0. The monoisotopic (exact) mass is 368 g/mol. The Labute approximate surface area is 145 Å². The lowest BCUT2D eigenvalue weighted by molar-refractivity contribution is 0.229. The van der Waals surface area contributed by atoms with Crippen LogP contribution in [0.1, 0.15) is 25.1 Å². The molecule has 0 unspecified atom stereocenters. The molecule has 2 aromatic rings. The van der Waals surface area contributed by atoms with E-state index in [4.69, 9.17) is 19.7 Å². The van der Waals surface area contributed by atoms with Crippen LogP contribution in [0.2, 0.25) is 0 Å². The van der Waals surface area contributed by atoms with E-state index in [1.165, 1.54) is 14.2 Å². The minimum atomic E-state index is -3.52. The molecular weight excluding hydrogens is 348 g/mol. The van der Waals surface area contributed by atoms with Crippen LogP contribution in [-0.4, -0.2) is 39.0 Å². The summed E-state index contributed by atoms with van der Waals surface area (Å²) >= 11 is 0. The molecule has 0 amide bonds. The number of aromatic nitrogens is 2. The highest BCUT2D eigenvalue weighted by Crippen LogP contribution is 2.41. The van der Waals surface area contributed by atoms with Crippen molar-refractivity contribution in [2.45, 2.75) is 24.8 Å². The van der Waals surface area contributed by atoms with Crippen molar-refractivity contribution in [2.24, 2.45) is 5.73 Å². The summed E-state index contributed by atoms with van der Waals surface area (Å²) in [6.07, 6.45) is 3.68. The van der Waals surface area contributed by atoms with Gasteiger partial charge >= 0.3 is 0 Å². The van der Waals surface area contributed by atoms with E-state index in [1.54, 1.807) is 12.1 Å². The third kappa shape index (κ3) is 3.40. The summed E-state index contributed by atoms with van der Waals surface area (Å²) in [4.78, 5) is 4.37. The van der Waals surface area contributed by atoms with Gasteiger partial charge in [0.1, 0.15) is 0 Å². The molecular formula is C15H20N4O5S. The summed E-state index contributed by atoms with van der Waals surface area (Å²) in [6, 6.07) is 3.18. The maximum Gasteiger partial charge on any atom is 0.258 e. The quantitative estimate of drug-likeness (QED) is 0.784. The fourth-order valence-electron chi connectivity index (χ4n) is 2.69. The molecule has 0 atom stereocenters. The lowest BCUT2D eigenvalue weighted by Crippen LogP contribution is -2.44. The van der Waals surface area contributed by atoms with Gasteiger partial charge in [0, 0.05) is 5.56 Å². The topological polar surface area (TPSA) is 130 Å². The van der Waals surface area contributed by atoms with Crippen LogP contribution in [0, 0.1) is 0 Å². The van der Waals surface area contributed by atoms with Crippen molar-refractivity contribution < 1.29 is 22.4 Å². The average Bonchev–Trinajstić information content (AvgIpc) is 3.00. The highest BCUT2D eigenvalue weighted by atomic mass is 32.2. The van der Waals surface area contributed by atoms with E-state index >= 15 is 0 Å². The molecule has 1 fully saturated rings. The highest BCUT2D eigenvalue weighted by molar-refractivity contribution is 7.92. The van der Waals surface area contributed by atoms with Gasteiger partial charge in [0.15, 0.2) is 17.3 Å². The molecule has 10 heteroatoms. The molecule has 0 spiro atoms. The Hall–Kier alpha value is -2.33. The van der Waals surface area contributed by atoms with Gasteiger partial charge in [-0.15, -0.1) is 0 Å². The van der Waals surface area contributed by atoms with Crippen LogP contribution in [0.5, 0.6) is 11.5 Å². The number of nitrogens with zero attached hydrogens (tertiary/aromatic N) is 2. The maximum absolute atomic E-state index is 11.6. The molecule has 25 heavy (non-hydrogen) atoms. The molecule has 1 aliphatic rings. The number of benzene rings is 1. The van der Waals surface area contributed by atoms with Gasteiger partial charge in [-0.05, 0) is 31.4 Å². The summed E-state index contributed by atoms with van der Waals surface area (Å²) in [5.41, 5.74) is 6.36. The third-order valence-electron chi connectivity index (χ3n) is 4.14. The lowest BCUT2D eigenvalue weighted by atomic mass is 9.77. The van der Waals surface area contributed by atoms with Crippen LogP contribution >= 0.6 is 0 Å². The molecule has 0 aliphatic heterocycles. The summed E-state index contributed by atoms with van der Waals surface area (Å²) in [5, 5.41) is 3.97. The number of methoxy groups -OCH3 is 2. The van der Waals surface area contributed by atoms with Crippen molar-refractivity contribution in [3.63, 3.8) is 0 Å². The minimum absolute atomic E-state index is 0.213. The molecule has 1 heterocycles. The average molecular weight is 368 g/mol. The Bertz CT molecular complexity index is 889. The second-order valence-electron chi connectivity index (χ2n) is 6.07.